The molecule has 0 aliphatic rings. The summed E-state index contributed by atoms with van der Waals surface area (Å²) in [5.74, 6) is -6.38. The number of unbranched alkanes of at least 4 members (excludes halogenated alkanes) is 1. The number of nitrogens with two attached hydrogens (primary N) is 1. The van der Waals surface area contributed by atoms with Crippen LogP contribution in [0.3, 0.4) is 0 Å². The third kappa shape index (κ3) is 2.39. The summed E-state index contributed by atoms with van der Waals surface area (Å²) in [6, 6.07) is 1.59. The van der Waals surface area contributed by atoms with Crippen molar-refractivity contribution in [3.63, 3.8) is 0 Å². The topological polar surface area (TPSA) is 78.5 Å². The smallest absolute Gasteiger partial charge is 0.171 e. The molecule has 0 aliphatic heterocycles. The molecule has 0 amide bonds. The van der Waals surface area contributed by atoms with Gasteiger partial charge in [0, 0.05) is 5.56 Å². The Morgan fingerprint density at radius 1 is 1.14 bits per heavy atom. The number of H-pyrrole nitrogens is 1. The van der Waals surface area contributed by atoms with Gasteiger partial charge in [-0.05, 0) is 12.8 Å². The number of nitrogens with zero attached hydrogens (tertiary/aromatic N) is 2. The lowest BCUT2D eigenvalue weighted by Crippen LogP contribution is -2.07. The number of benzene rings is 1. The van der Waals surface area contributed by atoms with Crippen molar-refractivity contribution < 1.29 is 17.6 Å². The van der Waals surface area contributed by atoms with Crippen molar-refractivity contribution >= 4 is 5.82 Å². The molecule has 116 valence electrons. The summed E-state index contributed by atoms with van der Waals surface area (Å²) in [6.07, 6.45) is 0.860. The Labute approximate surface area is 123 Å². The first kappa shape index (κ1) is 15.8. The highest BCUT2D eigenvalue weighted by Crippen LogP contribution is 2.34. The molecule has 1 aromatic carbocycles. The van der Waals surface area contributed by atoms with Gasteiger partial charge in [0.25, 0.3) is 0 Å². The zero-order valence-electron chi connectivity index (χ0n) is 11.6. The van der Waals surface area contributed by atoms with Gasteiger partial charge in [-0.2, -0.15) is 10.4 Å². The summed E-state index contributed by atoms with van der Waals surface area (Å²) in [7, 11) is 0. The van der Waals surface area contributed by atoms with Gasteiger partial charge >= 0.3 is 0 Å². The number of aromatic amines is 1. The first-order valence-electron chi connectivity index (χ1n) is 6.53. The molecule has 0 fully saturated rings. The van der Waals surface area contributed by atoms with Crippen LogP contribution in [-0.4, -0.2) is 10.2 Å². The van der Waals surface area contributed by atoms with Gasteiger partial charge in [-0.3, -0.25) is 5.10 Å². The summed E-state index contributed by atoms with van der Waals surface area (Å²) in [5, 5.41) is 14.5. The minimum Gasteiger partial charge on any atom is -0.383 e. The fourth-order valence-electron chi connectivity index (χ4n) is 2.11. The van der Waals surface area contributed by atoms with Crippen molar-refractivity contribution in [1.29, 1.82) is 5.26 Å². The summed E-state index contributed by atoms with van der Waals surface area (Å²) in [6.45, 7) is 1.78. The molecule has 0 saturated carbocycles. The van der Waals surface area contributed by atoms with Crippen molar-refractivity contribution in [1.82, 2.24) is 10.2 Å². The van der Waals surface area contributed by atoms with Gasteiger partial charge in [0.05, 0.1) is 5.56 Å². The quantitative estimate of drug-likeness (QED) is 0.670. The second-order valence-corrected chi connectivity index (χ2v) is 4.69. The van der Waals surface area contributed by atoms with Crippen LogP contribution in [0.25, 0.3) is 11.3 Å². The van der Waals surface area contributed by atoms with Crippen molar-refractivity contribution in [2.75, 3.05) is 5.73 Å². The number of halogens is 4. The molecular formula is C14H12F4N4. The number of rotatable bonds is 4. The van der Waals surface area contributed by atoms with E-state index in [2.05, 4.69) is 10.2 Å². The molecule has 4 nitrogen and oxygen atoms in total. The highest BCUT2D eigenvalue weighted by molar-refractivity contribution is 5.73. The molecule has 2 aromatic rings. The Kier molecular flexibility index (Phi) is 4.35. The van der Waals surface area contributed by atoms with Crippen LogP contribution in [0.2, 0.25) is 0 Å². The molecule has 0 spiro atoms. The van der Waals surface area contributed by atoms with Gasteiger partial charge in [0.2, 0.25) is 0 Å². The van der Waals surface area contributed by atoms with Crippen molar-refractivity contribution in [3.05, 3.63) is 34.4 Å². The molecule has 0 atom stereocenters. The standard InChI is InChI=1S/C14H12F4N4/c1-2-3-4-6-9(15)11(17)8(12(18)10(6)16)13-7(5-19)14(20)22-21-13/h2-4H2,1H3,(H3,20,21,22). The number of nitrogens with one attached hydrogen (secondary N) is 1. The zero-order valence-corrected chi connectivity index (χ0v) is 11.6. The maximum Gasteiger partial charge on any atom is 0.171 e. The van der Waals surface area contributed by atoms with Gasteiger partial charge in [-0.1, -0.05) is 13.3 Å². The van der Waals surface area contributed by atoms with Crippen LogP contribution in [0, 0.1) is 34.6 Å². The number of nitrogen functional groups attached to an aromatic ring is 1. The Morgan fingerprint density at radius 2 is 1.73 bits per heavy atom. The molecule has 1 heterocycles. The molecule has 0 radical (unpaired) electrons. The molecule has 22 heavy (non-hydrogen) atoms. The minimum atomic E-state index is -1.59. The Balaban J connectivity index is 2.71. The lowest BCUT2D eigenvalue weighted by Gasteiger charge is -2.10. The Hall–Kier alpha value is -2.56. The predicted molar refractivity (Wildman–Crippen MR) is 71.6 cm³/mol. The highest BCUT2D eigenvalue weighted by atomic mass is 19.2. The fourth-order valence-corrected chi connectivity index (χ4v) is 2.11. The molecule has 8 heteroatoms. The van der Waals surface area contributed by atoms with E-state index in [9.17, 15) is 17.6 Å². The molecule has 0 saturated heterocycles. The van der Waals surface area contributed by atoms with Crippen LogP contribution in [0.1, 0.15) is 30.9 Å². The summed E-state index contributed by atoms with van der Waals surface area (Å²) < 4.78 is 56.4. The van der Waals surface area contributed by atoms with Crippen molar-refractivity contribution in [2.24, 2.45) is 0 Å². The van der Waals surface area contributed by atoms with E-state index in [1.807, 2.05) is 0 Å². The van der Waals surface area contributed by atoms with Crippen LogP contribution in [0.4, 0.5) is 23.4 Å². The van der Waals surface area contributed by atoms with Crippen LogP contribution in [0.15, 0.2) is 0 Å². The summed E-state index contributed by atoms with van der Waals surface area (Å²) in [4.78, 5) is 0. The molecule has 0 unspecified atom stereocenters. The van der Waals surface area contributed by atoms with Crippen LogP contribution < -0.4 is 5.73 Å². The van der Waals surface area contributed by atoms with E-state index in [0.29, 0.717) is 12.8 Å². The second-order valence-electron chi connectivity index (χ2n) is 4.69. The number of nitriles is 1. The normalized spacial score (nSPS) is 10.7. The molecular weight excluding hydrogens is 300 g/mol. The zero-order chi connectivity index (χ0) is 16.4. The third-order valence-electron chi connectivity index (χ3n) is 3.28. The predicted octanol–water partition coefficient (Wildman–Crippen LogP) is 3.43. The van der Waals surface area contributed by atoms with E-state index in [0.717, 1.165) is 0 Å². The van der Waals surface area contributed by atoms with Gasteiger partial charge in [0.15, 0.2) is 23.3 Å². The van der Waals surface area contributed by atoms with Gasteiger partial charge in [-0.15, -0.1) is 0 Å². The monoisotopic (exact) mass is 312 g/mol. The van der Waals surface area contributed by atoms with Crippen LogP contribution in [-0.2, 0) is 6.42 Å². The fraction of sp³-hybridized carbons (Fsp3) is 0.286. The van der Waals surface area contributed by atoms with E-state index >= 15 is 0 Å². The van der Waals surface area contributed by atoms with Crippen molar-refractivity contribution in [3.8, 4) is 17.3 Å². The van der Waals surface area contributed by atoms with Crippen LogP contribution in [0.5, 0.6) is 0 Å². The summed E-state index contributed by atoms with van der Waals surface area (Å²) in [5.41, 5.74) is 2.76. The van der Waals surface area contributed by atoms with Crippen molar-refractivity contribution in [2.45, 2.75) is 26.2 Å². The van der Waals surface area contributed by atoms with E-state index in [1.54, 1.807) is 13.0 Å². The van der Waals surface area contributed by atoms with E-state index in [4.69, 9.17) is 11.0 Å². The average molecular weight is 312 g/mol. The maximum atomic E-state index is 14.2. The molecule has 2 rings (SSSR count). The minimum absolute atomic E-state index is 0.129. The van der Waals surface area contributed by atoms with E-state index in [-0.39, 0.29) is 17.8 Å². The molecule has 1 aromatic heterocycles. The Bertz CT molecular complexity index is 732. The number of hydrogen-bond acceptors (Lipinski definition) is 3. The first-order valence-corrected chi connectivity index (χ1v) is 6.53. The lowest BCUT2D eigenvalue weighted by molar-refractivity contribution is 0.440. The van der Waals surface area contributed by atoms with Gasteiger partial charge in [0.1, 0.15) is 23.1 Å². The lowest BCUT2D eigenvalue weighted by atomic mass is 10.00. The number of hydrogen-bond donors (Lipinski definition) is 2. The van der Waals surface area contributed by atoms with Gasteiger partial charge in [-0.25, -0.2) is 17.6 Å². The first-order chi connectivity index (χ1) is 10.4. The number of aromatic nitrogens is 2. The molecule has 0 aliphatic carbocycles. The SMILES string of the molecule is CCCCc1c(F)c(F)c(-c2n[nH]c(N)c2C#N)c(F)c1F. The molecule has 3 N–H and O–H groups in total. The average Bonchev–Trinajstić information content (AvgIpc) is 2.86. The highest BCUT2D eigenvalue weighted by Gasteiger charge is 2.29. The maximum absolute atomic E-state index is 14.2. The Morgan fingerprint density at radius 3 is 2.23 bits per heavy atom. The number of anilines is 1. The second kappa shape index (κ2) is 6.05. The molecule has 0 bridgehead atoms. The van der Waals surface area contributed by atoms with Crippen LogP contribution >= 0.6 is 0 Å². The largest absolute Gasteiger partial charge is 0.383 e. The summed E-state index contributed by atoms with van der Waals surface area (Å²) >= 11 is 0. The van der Waals surface area contributed by atoms with E-state index in [1.165, 1.54) is 0 Å². The third-order valence-corrected chi connectivity index (χ3v) is 3.28. The van der Waals surface area contributed by atoms with Gasteiger partial charge < -0.3 is 5.73 Å². The van der Waals surface area contributed by atoms with E-state index < -0.39 is 40.1 Å².